The molecule has 0 saturated carbocycles. The Morgan fingerprint density at radius 3 is 2.42 bits per heavy atom. The first-order valence-electron chi connectivity index (χ1n) is 8.68. The summed E-state index contributed by atoms with van der Waals surface area (Å²) < 4.78 is 16.0. The summed E-state index contributed by atoms with van der Waals surface area (Å²) in [5.74, 6) is 1.28. The fourth-order valence-electron chi connectivity index (χ4n) is 2.57. The molecule has 0 bridgehead atoms. The molecule has 0 aliphatic heterocycles. The van der Waals surface area contributed by atoms with Crippen LogP contribution < -0.4 is 14.8 Å². The first-order valence-corrected chi connectivity index (χ1v) is 8.68. The zero-order valence-corrected chi connectivity index (χ0v) is 15.9. The van der Waals surface area contributed by atoms with Crippen LogP contribution in [0, 0.1) is 6.92 Å². The zero-order valence-electron chi connectivity index (χ0n) is 15.9. The van der Waals surface area contributed by atoms with Crippen LogP contribution in [0.2, 0.25) is 0 Å². The van der Waals surface area contributed by atoms with Crippen molar-refractivity contribution >= 4 is 5.91 Å². The van der Waals surface area contributed by atoms with Gasteiger partial charge < -0.3 is 19.5 Å². The minimum absolute atomic E-state index is 0.0132. The van der Waals surface area contributed by atoms with E-state index in [2.05, 4.69) is 5.32 Å². The van der Waals surface area contributed by atoms with Crippen LogP contribution in [0.15, 0.2) is 42.5 Å². The Morgan fingerprint density at radius 1 is 1.04 bits per heavy atom. The van der Waals surface area contributed by atoms with Gasteiger partial charge in [0.05, 0.1) is 26.2 Å². The van der Waals surface area contributed by atoms with Gasteiger partial charge in [0, 0.05) is 7.11 Å². The number of ether oxygens (including phenoxy) is 3. The Hall–Kier alpha value is -2.53. The summed E-state index contributed by atoms with van der Waals surface area (Å²) >= 11 is 0. The molecule has 140 valence electrons. The van der Waals surface area contributed by atoms with Crippen LogP contribution in [0.1, 0.15) is 29.7 Å². The lowest BCUT2D eigenvalue weighted by Crippen LogP contribution is -2.28. The summed E-state index contributed by atoms with van der Waals surface area (Å²) in [6.45, 7) is 4.95. The van der Waals surface area contributed by atoms with Gasteiger partial charge >= 0.3 is 0 Å². The standard InChI is InChI=1S/C21H27NO4/c1-15-5-7-17(8-6-15)13-21(23)22-16(2)18-9-10-19(20(14-18)25-4)26-12-11-24-3/h5-10,14,16H,11-13H2,1-4H3,(H,22,23). The monoisotopic (exact) mass is 357 g/mol. The van der Waals surface area contributed by atoms with Crippen molar-refractivity contribution in [2.75, 3.05) is 27.4 Å². The summed E-state index contributed by atoms with van der Waals surface area (Å²) in [7, 11) is 3.23. The van der Waals surface area contributed by atoms with Crippen LogP contribution in [-0.4, -0.2) is 33.3 Å². The zero-order chi connectivity index (χ0) is 18.9. The summed E-state index contributed by atoms with van der Waals surface area (Å²) in [6.07, 6.45) is 0.361. The van der Waals surface area contributed by atoms with Crippen LogP contribution in [-0.2, 0) is 16.0 Å². The van der Waals surface area contributed by atoms with Gasteiger partial charge in [-0.25, -0.2) is 0 Å². The molecule has 1 amide bonds. The number of aryl methyl sites for hydroxylation is 1. The third-order valence-electron chi connectivity index (χ3n) is 4.10. The van der Waals surface area contributed by atoms with Crippen molar-refractivity contribution in [2.45, 2.75) is 26.3 Å². The predicted molar refractivity (Wildman–Crippen MR) is 102 cm³/mol. The van der Waals surface area contributed by atoms with Gasteiger partial charge in [-0.15, -0.1) is 0 Å². The van der Waals surface area contributed by atoms with Gasteiger partial charge in [0.15, 0.2) is 11.5 Å². The lowest BCUT2D eigenvalue weighted by molar-refractivity contribution is -0.121. The smallest absolute Gasteiger partial charge is 0.224 e. The lowest BCUT2D eigenvalue weighted by Gasteiger charge is -2.17. The highest BCUT2D eigenvalue weighted by molar-refractivity contribution is 5.79. The average Bonchev–Trinajstić information content (AvgIpc) is 2.64. The fourth-order valence-corrected chi connectivity index (χ4v) is 2.57. The number of rotatable bonds is 9. The van der Waals surface area contributed by atoms with Gasteiger partial charge in [-0.2, -0.15) is 0 Å². The molecule has 5 nitrogen and oxygen atoms in total. The number of amides is 1. The van der Waals surface area contributed by atoms with Crippen LogP contribution in [0.3, 0.4) is 0 Å². The molecule has 1 unspecified atom stereocenters. The molecule has 0 aliphatic rings. The molecular weight excluding hydrogens is 330 g/mol. The minimum atomic E-state index is -0.130. The molecule has 0 fully saturated rings. The molecule has 2 aromatic rings. The van der Waals surface area contributed by atoms with Gasteiger partial charge in [-0.05, 0) is 37.1 Å². The summed E-state index contributed by atoms with van der Waals surface area (Å²) in [4.78, 5) is 12.3. The van der Waals surface area contributed by atoms with E-state index in [0.29, 0.717) is 31.1 Å². The van der Waals surface area contributed by atoms with E-state index in [1.165, 1.54) is 5.56 Å². The molecule has 2 rings (SSSR count). The molecule has 0 spiro atoms. The molecule has 0 saturated heterocycles. The molecule has 1 N–H and O–H groups in total. The van der Waals surface area contributed by atoms with E-state index < -0.39 is 0 Å². The van der Waals surface area contributed by atoms with Crippen LogP contribution in [0.25, 0.3) is 0 Å². The maximum atomic E-state index is 12.3. The predicted octanol–water partition coefficient (Wildman–Crippen LogP) is 3.45. The van der Waals surface area contributed by atoms with E-state index in [1.807, 2.05) is 56.3 Å². The van der Waals surface area contributed by atoms with Gasteiger partial charge in [0.25, 0.3) is 0 Å². The van der Waals surface area contributed by atoms with E-state index in [4.69, 9.17) is 14.2 Å². The third kappa shape index (κ3) is 5.77. The second kappa shape index (κ2) is 9.82. The Kier molecular flexibility index (Phi) is 7.48. The normalized spacial score (nSPS) is 11.7. The van der Waals surface area contributed by atoms with E-state index >= 15 is 0 Å². The first-order chi connectivity index (χ1) is 12.5. The third-order valence-corrected chi connectivity index (χ3v) is 4.10. The average molecular weight is 357 g/mol. The van der Waals surface area contributed by atoms with Crippen molar-refractivity contribution in [3.63, 3.8) is 0 Å². The minimum Gasteiger partial charge on any atom is -0.493 e. The molecule has 0 aromatic heterocycles. The van der Waals surface area contributed by atoms with E-state index in [-0.39, 0.29) is 11.9 Å². The summed E-state index contributed by atoms with van der Waals surface area (Å²) in [5, 5.41) is 3.03. The molecule has 26 heavy (non-hydrogen) atoms. The SMILES string of the molecule is COCCOc1ccc(C(C)NC(=O)Cc2ccc(C)cc2)cc1OC. The lowest BCUT2D eigenvalue weighted by atomic mass is 10.1. The molecule has 0 radical (unpaired) electrons. The Bertz CT molecular complexity index is 712. The van der Waals surface area contributed by atoms with E-state index in [0.717, 1.165) is 11.1 Å². The van der Waals surface area contributed by atoms with Crippen molar-refractivity contribution in [3.8, 4) is 11.5 Å². The maximum Gasteiger partial charge on any atom is 0.224 e. The highest BCUT2D eigenvalue weighted by Gasteiger charge is 2.13. The topological polar surface area (TPSA) is 56.8 Å². The molecule has 5 heteroatoms. The second-order valence-corrected chi connectivity index (χ2v) is 6.20. The van der Waals surface area contributed by atoms with Gasteiger partial charge in [-0.1, -0.05) is 35.9 Å². The van der Waals surface area contributed by atoms with Crippen molar-refractivity contribution in [1.82, 2.24) is 5.32 Å². The number of carbonyl (C=O) groups is 1. The van der Waals surface area contributed by atoms with Gasteiger partial charge in [-0.3, -0.25) is 4.79 Å². The molecular formula is C21H27NO4. The van der Waals surface area contributed by atoms with Gasteiger partial charge in [0.1, 0.15) is 6.61 Å². The number of hydrogen-bond acceptors (Lipinski definition) is 4. The van der Waals surface area contributed by atoms with Gasteiger partial charge in [0.2, 0.25) is 5.91 Å². The van der Waals surface area contributed by atoms with Crippen LogP contribution >= 0.6 is 0 Å². The van der Waals surface area contributed by atoms with Crippen LogP contribution in [0.4, 0.5) is 0 Å². The van der Waals surface area contributed by atoms with E-state index in [1.54, 1.807) is 14.2 Å². The largest absolute Gasteiger partial charge is 0.493 e. The molecule has 2 aromatic carbocycles. The number of nitrogens with one attached hydrogen (secondary N) is 1. The highest BCUT2D eigenvalue weighted by atomic mass is 16.5. The summed E-state index contributed by atoms with van der Waals surface area (Å²) in [6, 6.07) is 13.5. The van der Waals surface area contributed by atoms with E-state index in [9.17, 15) is 4.79 Å². The molecule has 0 heterocycles. The molecule has 1 atom stereocenters. The first kappa shape index (κ1) is 19.8. The highest BCUT2D eigenvalue weighted by Crippen LogP contribution is 2.30. The fraction of sp³-hybridized carbons (Fsp3) is 0.381. The number of benzene rings is 2. The maximum absolute atomic E-state index is 12.3. The number of carbonyl (C=O) groups excluding carboxylic acids is 1. The Labute approximate surface area is 155 Å². The number of methoxy groups -OCH3 is 2. The van der Waals surface area contributed by atoms with Crippen molar-refractivity contribution in [3.05, 3.63) is 59.2 Å². The van der Waals surface area contributed by atoms with Crippen molar-refractivity contribution in [1.29, 1.82) is 0 Å². The quantitative estimate of drug-likeness (QED) is 0.699. The van der Waals surface area contributed by atoms with Crippen molar-refractivity contribution < 1.29 is 19.0 Å². The van der Waals surface area contributed by atoms with Crippen molar-refractivity contribution in [2.24, 2.45) is 0 Å². The Balaban J connectivity index is 1.98. The Morgan fingerprint density at radius 2 is 1.77 bits per heavy atom. The number of hydrogen-bond donors (Lipinski definition) is 1. The molecule has 0 aliphatic carbocycles. The second-order valence-electron chi connectivity index (χ2n) is 6.20. The summed E-state index contributed by atoms with van der Waals surface area (Å²) in [5.41, 5.74) is 3.14. The van der Waals surface area contributed by atoms with Crippen LogP contribution in [0.5, 0.6) is 11.5 Å².